The number of hydrogen-bond donors (Lipinski definition) is 2. The summed E-state index contributed by atoms with van der Waals surface area (Å²) < 4.78 is 1.63. The molecule has 0 atom stereocenters. The molecule has 0 aliphatic carbocycles. The molecule has 0 aliphatic heterocycles. The van der Waals surface area contributed by atoms with E-state index in [1.54, 1.807) is 22.7 Å². The number of anilines is 1. The van der Waals surface area contributed by atoms with Crippen molar-refractivity contribution in [2.24, 2.45) is 0 Å². The zero-order valence-corrected chi connectivity index (χ0v) is 16.6. The summed E-state index contributed by atoms with van der Waals surface area (Å²) in [5.74, 6) is -0.524. The van der Waals surface area contributed by atoms with E-state index in [0.717, 1.165) is 12.0 Å². The van der Waals surface area contributed by atoms with E-state index >= 15 is 0 Å². The first-order valence-electron chi connectivity index (χ1n) is 9.85. The molecule has 0 radical (unpaired) electrons. The fourth-order valence-corrected chi connectivity index (χ4v) is 3.24. The van der Waals surface area contributed by atoms with Gasteiger partial charge in [-0.05, 0) is 41.8 Å². The van der Waals surface area contributed by atoms with Crippen molar-refractivity contribution in [1.82, 2.24) is 14.7 Å². The molecule has 150 valence electrons. The third kappa shape index (κ3) is 4.07. The van der Waals surface area contributed by atoms with E-state index in [-0.39, 0.29) is 23.3 Å². The molecule has 30 heavy (non-hydrogen) atoms. The van der Waals surface area contributed by atoms with Crippen LogP contribution < -0.4 is 10.6 Å². The predicted molar refractivity (Wildman–Crippen MR) is 117 cm³/mol. The van der Waals surface area contributed by atoms with E-state index < -0.39 is 0 Å². The van der Waals surface area contributed by atoms with Crippen molar-refractivity contribution >= 4 is 23.0 Å². The summed E-state index contributed by atoms with van der Waals surface area (Å²) in [5, 5.41) is 5.73. The average molecular weight is 398 g/mol. The molecule has 2 amide bonds. The van der Waals surface area contributed by atoms with E-state index in [1.165, 1.54) is 5.56 Å². The average Bonchev–Trinajstić information content (AvgIpc) is 3.19. The first-order valence-corrected chi connectivity index (χ1v) is 9.85. The molecule has 0 fully saturated rings. The highest BCUT2D eigenvalue weighted by Crippen LogP contribution is 2.17. The quantitative estimate of drug-likeness (QED) is 0.514. The highest BCUT2D eigenvalue weighted by molar-refractivity contribution is 6.08. The number of benzene rings is 2. The van der Waals surface area contributed by atoms with Gasteiger partial charge in [-0.25, -0.2) is 4.98 Å². The van der Waals surface area contributed by atoms with Gasteiger partial charge in [-0.2, -0.15) is 0 Å². The van der Waals surface area contributed by atoms with Crippen LogP contribution in [0.1, 0.15) is 39.2 Å². The van der Waals surface area contributed by atoms with Gasteiger partial charge in [0.15, 0.2) is 5.69 Å². The van der Waals surface area contributed by atoms with E-state index in [9.17, 15) is 9.59 Å². The van der Waals surface area contributed by atoms with Crippen molar-refractivity contribution in [3.05, 3.63) is 102 Å². The highest BCUT2D eigenvalue weighted by Gasteiger charge is 2.21. The van der Waals surface area contributed by atoms with Gasteiger partial charge in [-0.3, -0.25) is 14.0 Å². The lowest BCUT2D eigenvalue weighted by Crippen LogP contribution is -2.25. The first kappa shape index (κ1) is 19.4. The van der Waals surface area contributed by atoms with Gasteiger partial charge in [-0.1, -0.05) is 55.5 Å². The molecule has 0 saturated carbocycles. The fourth-order valence-electron chi connectivity index (χ4n) is 3.24. The van der Waals surface area contributed by atoms with Gasteiger partial charge in [0.05, 0.1) is 5.52 Å². The molecular weight excluding hydrogens is 376 g/mol. The van der Waals surface area contributed by atoms with Crippen LogP contribution in [0.2, 0.25) is 0 Å². The Kier molecular flexibility index (Phi) is 5.57. The van der Waals surface area contributed by atoms with Gasteiger partial charge >= 0.3 is 0 Å². The van der Waals surface area contributed by atoms with Crippen LogP contribution in [0.5, 0.6) is 0 Å². The van der Waals surface area contributed by atoms with Gasteiger partial charge in [0.1, 0.15) is 0 Å². The van der Waals surface area contributed by atoms with E-state index in [2.05, 4.69) is 22.5 Å². The normalized spacial score (nSPS) is 10.7. The summed E-state index contributed by atoms with van der Waals surface area (Å²) in [7, 11) is 0. The Morgan fingerprint density at radius 2 is 1.60 bits per heavy atom. The van der Waals surface area contributed by atoms with Crippen LogP contribution in [0.4, 0.5) is 5.69 Å². The zero-order valence-electron chi connectivity index (χ0n) is 16.6. The minimum absolute atomic E-state index is 0.174. The number of amides is 2. The zero-order chi connectivity index (χ0) is 20.9. The van der Waals surface area contributed by atoms with Gasteiger partial charge in [0.2, 0.25) is 5.82 Å². The minimum Gasteiger partial charge on any atom is -0.345 e. The fraction of sp³-hybridized carbons (Fsp3) is 0.125. The largest absolute Gasteiger partial charge is 0.345 e. The molecule has 6 heteroatoms. The maximum absolute atomic E-state index is 12.9. The van der Waals surface area contributed by atoms with Gasteiger partial charge < -0.3 is 10.6 Å². The molecule has 0 spiro atoms. The summed E-state index contributed by atoms with van der Waals surface area (Å²) in [6.45, 7) is 2.46. The van der Waals surface area contributed by atoms with Gasteiger partial charge in [-0.15, -0.1) is 0 Å². The number of rotatable bonds is 6. The number of carbonyl (C=O) groups is 2. The molecule has 2 heterocycles. The summed E-state index contributed by atoms with van der Waals surface area (Å²) in [6.07, 6.45) is 2.66. The first-order chi connectivity index (χ1) is 14.7. The maximum atomic E-state index is 12.9. The number of imidazole rings is 1. The van der Waals surface area contributed by atoms with E-state index in [1.807, 2.05) is 60.7 Å². The van der Waals surface area contributed by atoms with Crippen LogP contribution in [-0.2, 0) is 13.0 Å². The molecule has 4 aromatic rings. The lowest BCUT2D eigenvalue weighted by Gasteiger charge is -2.04. The van der Waals surface area contributed by atoms with Gasteiger partial charge in [0, 0.05) is 18.4 Å². The molecule has 2 aromatic carbocycles. The minimum atomic E-state index is -0.356. The number of aryl methyl sites for hydroxylation is 1. The van der Waals surface area contributed by atoms with Crippen LogP contribution in [0, 0.1) is 0 Å². The van der Waals surface area contributed by atoms with Crippen molar-refractivity contribution in [3.63, 3.8) is 0 Å². The Hall–Kier alpha value is -3.93. The topological polar surface area (TPSA) is 75.5 Å². The van der Waals surface area contributed by atoms with Crippen molar-refractivity contribution in [3.8, 4) is 0 Å². The number of pyridine rings is 1. The molecule has 0 aliphatic rings. The monoisotopic (exact) mass is 398 g/mol. The number of nitrogens with zero attached hydrogens (tertiary/aromatic N) is 2. The van der Waals surface area contributed by atoms with Crippen molar-refractivity contribution in [1.29, 1.82) is 0 Å². The Labute approximate surface area is 174 Å². The van der Waals surface area contributed by atoms with E-state index in [4.69, 9.17) is 0 Å². The maximum Gasteiger partial charge on any atom is 0.287 e. The van der Waals surface area contributed by atoms with E-state index in [0.29, 0.717) is 17.7 Å². The Bertz CT molecular complexity index is 1180. The predicted octanol–water partition coefficient (Wildman–Crippen LogP) is 4.08. The second kappa shape index (κ2) is 8.61. The molecule has 6 nitrogen and oxygen atoms in total. The molecule has 4 rings (SSSR count). The lowest BCUT2D eigenvalue weighted by atomic mass is 10.1. The number of carbonyl (C=O) groups excluding carboxylic acids is 2. The Balaban J connectivity index is 1.58. The standard InChI is InChI=1S/C24H22N4O2/c1-2-17-11-13-19(14-12-17)26-23(29)21-20-10-6-7-15-28(20)22(27-21)24(30)25-16-18-8-4-3-5-9-18/h3-15H,2,16H2,1H3,(H,25,30)(H,26,29). The second-order valence-electron chi connectivity index (χ2n) is 6.91. The number of fused-ring (bicyclic) bond motifs is 1. The summed E-state index contributed by atoms with van der Waals surface area (Å²) >= 11 is 0. The molecule has 0 saturated heterocycles. The smallest absolute Gasteiger partial charge is 0.287 e. The molecule has 2 N–H and O–H groups in total. The Morgan fingerprint density at radius 1 is 0.867 bits per heavy atom. The van der Waals surface area contributed by atoms with Crippen molar-refractivity contribution in [2.75, 3.05) is 5.32 Å². The van der Waals surface area contributed by atoms with Crippen molar-refractivity contribution in [2.45, 2.75) is 19.9 Å². The number of hydrogen-bond acceptors (Lipinski definition) is 3. The number of nitrogens with one attached hydrogen (secondary N) is 2. The summed E-state index contributed by atoms with van der Waals surface area (Å²) in [6, 6.07) is 22.7. The third-order valence-corrected chi connectivity index (χ3v) is 4.88. The summed E-state index contributed by atoms with van der Waals surface area (Å²) in [5.41, 5.74) is 3.65. The van der Waals surface area contributed by atoms with Crippen molar-refractivity contribution < 1.29 is 9.59 Å². The van der Waals surface area contributed by atoms with Crippen LogP contribution in [-0.4, -0.2) is 21.2 Å². The Morgan fingerprint density at radius 3 is 2.33 bits per heavy atom. The SMILES string of the molecule is CCc1ccc(NC(=O)c2nc(C(=O)NCc3ccccc3)n3ccccc23)cc1. The van der Waals surface area contributed by atoms with Crippen LogP contribution in [0.3, 0.4) is 0 Å². The lowest BCUT2D eigenvalue weighted by molar-refractivity contribution is 0.0940. The van der Waals surface area contributed by atoms with Crippen LogP contribution in [0.25, 0.3) is 5.52 Å². The van der Waals surface area contributed by atoms with Crippen LogP contribution in [0.15, 0.2) is 79.0 Å². The summed E-state index contributed by atoms with van der Waals surface area (Å²) in [4.78, 5) is 30.0. The second-order valence-corrected chi connectivity index (χ2v) is 6.91. The molecule has 0 unspecified atom stereocenters. The van der Waals surface area contributed by atoms with Gasteiger partial charge in [0.25, 0.3) is 11.8 Å². The van der Waals surface area contributed by atoms with Crippen LogP contribution >= 0.6 is 0 Å². The third-order valence-electron chi connectivity index (χ3n) is 4.88. The highest BCUT2D eigenvalue weighted by atomic mass is 16.2. The molecule has 0 bridgehead atoms. The number of aromatic nitrogens is 2. The molecular formula is C24H22N4O2. The molecule has 2 aromatic heterocycles.